The quantitative estimate of drug-likeness (QED) is 0.644. The van der Waals surface area contributed by atoms with Crippen LogP contribution < -0.4 is 5.32 Å². The zero-order chi connectivity index (χ0) is 15.1. The van der Waals surface area contributed by atoms with E-state index in [9.17, 15) is 0 Å². The normalized spacial score (nSPS) is 12.3. The van der Waals surface area contributed by atoms with E-state index in [2.05, 4.69) is 64.6 Å². The smallest absolute Gasteiger partial charge is 0.0406 e. The molecule has 0 spiro atoms. The minimum atomic E-state index is 0.468. The van der Waals surface area contributed by atoms with Crippen molar-refractivity contribution in [2.75, 3.05) is 13.1 Å². The Labute approximate surface area is 140 Å². The van der Waals surface area contributed by atoms with E-state index in [0.29, 0.717) is 5.92 Å². The second-order valence-electron chi connectivity index (χ2n) is 5.28. The number of hydrogen-bond donors (Lipinski definition) is 1. The molecule has 0 aliphatic carbocycles. The van der Waals surface area contributed by atoms with Gasteiger partial charge in [0.2, 0.25) is 0 Å². The van der Waals surface area contributed by atoms with Crippen molar-refractivity contribution in [3.63, 3.8) is 0 Å². The molecule has 0 amide bonds. The molecular formula is C18H21BrClN. The van der Waals surface area contributed by atoms with E-state index in [1.54, 1.807) is 0 Å². The molecule has 21 heavy (non-hydrogen) atoms. The number of rotatable bonds is 7. The van der Waals surface area contributed by atoms with E-state index < -0.39 is 0 Å². The molecule has 1 atom stereocenters. The zero-order valence-corrected chi connectivity index (χ0v) is 14.6. The highest BCUT2D eigenvalue weighted by atomic mass is 79.9. The van der Waals surface area contributed by atoms with Gasteiger partial charge in [0, 0.05) is 22.0 Å². The largest absolute Gasteiger partial charge is 0.316 e. The van der Waals surface area contributed by atoms with Crippen molar-refractivity contribution in [1.82, 2.24) is 5.32 Å². The third-order valence-electron chi connectivity index (χ3n) is 3.55. The van der Waals surface area contributed by atoms with Crippen LogP contribution in [0.2, 0.25) is 5.02 Å². The van der Waals surface area contributed by atoms with E-state index in [4.69, 9.17) is 11.6 Å². The van der Waals surface area contributed by atoms with Gasteiger partial charge in [0.15, 0.2) is 0 Å². The second-order valence-corrected chi connectivity index (χ2v) is 6.64. The predicted octanol–water partition coefficient (Wildman–Crippen LogP) is 5.43. The monoisotopic (exact) mass is 365 g/mol. The van der Waals surface area contributed by atoms with Gasteiger partial charge in [0.05, 0.1) is 0 Å². The van der Waals surface area contributed by atoms with E-state index in [0.717, 1.165) is 35.4 Å². The van der Waals surface area contributed by atoms with Crippen LogP contribution in [0.15, 0.2) is 53.0 Å². The molecule has 1 nitrogen and oxygen atoms in total. The highest BCUT2D eigenvalue weighted by Crippen LogP contribution is 2.23. The summed E-state index contributed by atoms with van der Waals surface area (Å²) in [5.41, 5.74) is 2.70. The second kappa shape index (κ2) is 8.57. The summed E-state index contributed by atoms with van der Waals surface area (Å²) < 4.78 is 1.12. The minimum Gasteiger partial charge on any atom is -0.316 e. The fraction of sp³-hybridized carbons (Fsp3) is 0.333. The summed E-state index contributed by atoms with van der Waals surface area (Å²) in [5, 5.41) is 4.33. The Bertz CT molecular complexity index is 536. The molecule has 2 aromatic carbocycles. The third kappa shape index (κ3) is 5.46. The molecular weight excluding hydrogens is 346 g/mol. The molecule has 0 saturated carbocycles. The van der Waals surface area contributed by atoms with Gasteiger partial charge >= 0.3 is 0 Å². The lowest BCUT2D eigenvalue weighted by molar-refractivity contribution is 0.576. The Hall–Kier alpha value is -0.830. The van der Waals surface area contributed by atoms with Crippen molar-refractivity contribution in [1.29, 1.82) is 0 Å². The van der Waals surface area contributed by atoms with Crippen LogP contribution in [0.1, 0.15) is 30.4 Å². The molecule has 1 unspecified atom stereocenters. The maximum absolute atomic E-state index is 6.00. The summed E-state index contributed by atoms with van der Waals surface area (Å²) in [6, 6.07) is 16.8. The molecule has 2 rings (SSSR count). The maximum atomic E-state index is 6.00. The van der Waals surface area contributed by atoms with E-state index in [1.165, 1.54) is 11.1 Å². The van der Waals surface area contributed by atoms with Crippen LogP contribution in [-0.2, 0) is 6.42 Å². The first kappa shape index (κ1) is 16.5. The first-order valence-corrected chi connectivity index (χ1v) is 8.56. The van der Waals surface area contributed by atoms with Gasteiger partial charge in [-0.1, -0.05) is 58.7 Å². The summed E-state index contributed by atoms with van der Waals surface area (Å²) in [4.78, 5) is 0. The molecule has 112 valence electrons. The van der Waals surface area contributed by atoms with Crippen LogP contribution in [0, 0.1) is 0 Å². The standard InChI is InChI=1S/C18H21BrClN/c1-2-11-21-13-16(15-5-9-18(20)10-6-15)12-14-3-7-17(19)8-4-14/h3-10,16,21H,2,11-13H2,1H3. The molecule has 0 radical (unpaired) electrons. The van der Waals surface area contributed by atoms with Gasteiger partial charge in [-0.25, -0.2) is 0 Å². The molecule has 0 fully saturated rings. The maximum Gasteiger partial charge on any atom is 0.0406 e. The highest BCUT2D eigenvalue weighted by molar-refractivity contribution is 9.10. The van der Waals surface area contributed by atoms with Crippen LogP contribution in [0.4, 0.5) is 0 Å². The lowest BCUT2D eigenvalue weighted by Crippen LogP contribution is -2.23. The van der Waals surface area contributed by atoms with E-state index >= 15 is 0 Å². The topological polar surface area (TPSA) is 12.0 Å². The van der Waals surface area contributed by atoms with Crippen molar-refractivity contribution in [2.45, 2.75) is 25.7 Å². The van der Waals surface area contributed by atoms with E-state index in [-0.39, 0.29) is 0 Å². The molecule has 0 heterocycles. The Balaban J connectivity index is 2.11. The lowest BCUT2D eigenvalue weighted by Gasteiger charge is -2.18. The summed E-state index contributed by atoms with van der Waals surface area (Å²) in [7, 11) is 0. The third-order valence-corrected chi connectivity index (χ3v) is 4.33. The van der Waals surface area contributed by atoms with Gasteiger partial charge in [-0.3, -0.25) is 0 Å². The zero-order valence-electron chi connectivity index (χ0n) is 12.3. The van der Waals surface area contributed by atoms with Gasteiger partial charge in [-0.05, 0) is 54.8 Å². The van der Waals surface area contributed by atoms with Crippen LogP contribution in [-0.4, -0.2) is 13.1 Å². The van der Waals surface area contributed by atoms with Gasteiger partial charge < -0.3 is 5.32 Å². The molecule has 3 heteroatoms. The van der Waals surface area contributed by atoms with Gasteiger partial charge in [-0.2, -0.15) is 0 Å². The number of benzene rings is 2. The summed E-state index contributed by atoms with van der Waals surface area (Å²) in [6.07, 6.45) is 2.19. The number of halogens is 2. The molecule has 0 saturated heterocycles. The summed E-state index contributed by atoms with van der Waals surface area (Å²) >= 11 is 9.49. The highest BCUT2D eigenvalue weighted by Gasteiger charge is 2.12. The number of nitrogens with one attached hydrogen (secondary N) is 1. The van der Waals surface area contributed by atoms with E-state index in [1.807, 2.05) is 12.1 Å². The Morgan fingerprint density at radius 3 is 2.33 bits per heavy atom. The van der Waals surface area contributed by atoms with Crippen molar-refractivity contribution >= 4 is 27.5 Å². The van der Waals surface area contributed by atoms with Gasteiger partial charge in [-0.15, -0.1) is 0 Å². The Morgan fingerprint density at radius 1 is 1.05 bits per heavy atom. The Kier molecular flexibility index (Phi) is 6.75. The predicted molar refractivity (Wildman–Crippen MR) is 95.2 cm³/mol. The van der Waals surface area contributed by atoms with Crippen molar-refractivity contribution < 1.29 is 0 Å². The Morgan fingerprint density at radius 2 is 1.71 bits per heavy atom. The number of hydrogen-bond acceptors (Lipinski definition) is 1. The van der Waals surface area contributed by atoms with Crippen LogP contribution in [0.25, 0.3) is 0 Å². The molecule has 1 N–H and O–H groups in total. The molecule has 0 bridgehead atoms. The molecule has 0 aliphatic heterocycles. The van der Waals surface area contributed by atoms with Crippen molar-refractivity contribution in [3.05, 3.63) is 69.2 Å². The average molecular weight is 367 g/mol. The summed E-state index contributed by atoms with van der Waals surface area (Å²) in [5.74, 6) is 0.468. The van der Waals surface area contributed by atoms with Crippen LogP contribution >= 0.6 is 27.5 Å². The average Bonchev–Trinajstić information content (AvgIpc) is 2.49. The van der Waals surface area contributed by atoms with Gasteiger partial charge in [0.25, 0.3) is 0 Å². The summed E-state index contributed by atoms with van der Waals surface area (Å²) in [6.45, 7) is 4.25. The lowest BCUT2D eigenvalue weighted by atomic mass is 9.92. The first-order chi connectivity index (χ1) is 10.2. The van der Waals surface area contributed by atoms with Crippen LogP contribution in [0.5, 0.6) is 0 Å². The van der Waals surface area contributed by atoms with Crippen LogP contribution in [0.3, 0.4) is 0 Å². The fourth-order valence-electron chi connectivity index (χ4n) is 2.40. The molecule has 0 aliphatic rings. The van der Waals surface area contributed by atoms with Crippen molar-refractivity contribution in [2.24, 2.45) is 0 Å². The first-order valence-electron chi connectivity index (χ1n) is 7.39. The minimum absolute atomic E-state index is 0.468. The molecule has 2 aromatic rings. The fourth-order valence-corrected chi connectivity index (χ4v) is 2.79. The molecule has 0 aromatic heterocycles. The van der Waals surface area contributed by atoms with Gasteiger partial charge in [0.1, 0.15) is 0 Å². The van der Waals surface area contributed by atoms with Crippen molar-refractivity contribution in [3.8, 4) is 0 Å². The SMILES string of the molecule is CCCNCC(Cc1ccc(Br)cc1)c1ccc(Cl)cc1.